The van der Waals surface area contributed by atoms with Gasteiger partial charge in [-0.15, -0.1) is 0 Å². The fourth-order valence-electron chi connectivity index (χ4n) is 0.753. The van der Waals surface area contributed by atoms with Gasteiger partial charge in [-0.3, -0.25) is 4.79 Å². The summed E-state index contributed by atoms with van der Waals surface area (Å²) in [6.45, 7) is 0. The van der Waals surface area contributed by atoms with E-state index in [1.807, 2.05) is 0 Å². The van der Waals surface area contributed by atoms with Gasteiger partial charge in [0.2, 0.25) is 5.95 Å². The minimum absolute atomic E-state index is 0.0370. The molecule has 12 heavy (non-hydrogen) atoms. The molecule has 5 nitrogen and oxygen atoms in total. The standard InChI is InChI=1S/C6H7ClN4O/c1-9-5-3(2-12)4(7)10-6(8)11-5/h2H,1H3,(H3,8,9,10,11). The average Bonchev–Trinajstić information content (AvgIpc) is 2.03. The number of anilines is 2. The molecule has 3 N–H and O–H groups in total. The molecule has 1 aromatic rings. The van der Waals surface area contributed by atoms with Crippen molar-refractivity contribution in [1.29, 1.82) is 0 Å². The Kier molecular flexibility index (Phi) is 2.44. The lowest BCUT2D eigenvalue weighted by Gasteiger charge is -2.03. The van der Waals surface area contributed by atoms with Crippen molar-refractivity contribution in [1.82, 2.24) is 9.97 Å². The fraction of sp³-hybridized carbons (Fsp3) is 0.167. The number of carbonyl (C=O) groups excluding carboxylic acids is 1. The highest BCUT2D eigenvalue weighted by Gasteiger charge is 2.08. The monoisotopic (exact) mass is 186 g/mol. The lowest BCUT2D eigenvalue weighted by molar-refractivity contribution is 0.112. The minimum atomic E-state index is 0.0370. The molecule has 1 heterocycles. The predicted octanol–water partition coefficient (Wildman–Crippen LogP) is 0.566. The van der Waals surface area contributed by atoms with Gasteiger partial charge in [0.15, 0.2) is 6.29 Å². The van der Waals surface area contributed by atoms with Crippen LogP contribution in [0.4, 0.5) is 11.8 Å². The molecule has 0 unspecified atom stereocenters. The first-order chi connectivity index (χ1) is 5.69. The van der Waals surface area contributed by atoms with E-state index in [-0.39, 0.29) is 16.7 Å². The summed E-state index contributed by atoms with van der Waals surface area (Å²) in [6, 6.07) is 0. The van der Waals surface area contributed by atoms with E-state index in [1.165, 1.54) is 0 Å². The minimum Gasteiger partial charge on any atom is -0.372 e. The molecule has 0 aliphatic heterocycles. The molecule has 0 saturated carbocycles. The number of rotatable bonds is 2. The molecule has 0 bridgehead atoms. The number of hydrogen-bond acceptors (Lipinski definition) is 5. The first-order valence-corrected chi connectivity index (χ1v) is 3.52. The first-order valence-electron chi connectivity index (χ1n) is 3.15. The van der Waals surface area contributed by atoms with Crippen LogP contribution < -0.4 is 11.1 Å². The van der Waals surface area contributed by atoms with E-state index >= 15 is 0 Å². The van der Waals surface area contributed by atoms with E-state index in [2.05, 4.69) is 15.3 Å². The Morgan fingerprint density at radius 3 is 2.75 bits per heavy atom. The van der Waals surface area contributed by atoms with E-state index in [9.17, 15) is 4.79 Å². The molecule has 0 spiro atoms. The number of carbonyl (C=O) groups is 1. The second-order valence-corrected chi connectivity index (χ2v) is 2.36. The Hall–Kier alpha value is -1.36. The van der Waals surface area contributed by atoms with Gasteiger partial charge in [0, 0.05) is 7.05 Å². The highest BCUT2D eigenvalue weighted by atomic mass is 35.5. The smallest absolute Gasteiger partial charge is 0.223 e. The Balaban J connectivity index is 3.33. The molecule has 0 amide bonds. The topological polar surface area (TPSA) is 80.9 Å². The third-order valence-corrected chi connectivity index (χ3v) is 1.56. The van der Waals surface area contributed by atoms with Gasteiger partial charge in [-0.1, -0.05) is 11.6 Å². The van der Waals surface area contributed by atoms with Crippen LogP contribution in [0.25, 0.3) is 0 Å². The molecule has 1 rings (SSSR count). The third kappa shape index (κ3) is 1.45. The Morgan fingerprint density at radius 1 is 1.58 bits per heavy atom. The number of halogens is 1. The summed E-state index contributed by atoms with van der Waals surface area (Å²) in [5, 5.41) is 2.74. The van der Waals surface area contributed by atoms with Gasteiger partial charge in [-0.2, -0.15) is 4.98 Å². The van der Waals surface area contributed by atoms with Crippen LogP contribution in [0.2, 0.25) is 5.15 Å². The number of nitrogens with one attached hydrogen (secondary N) is 1. The molecule has 0 atom stereocenters. The number of nitrogen functional groups attached to an aromatic ring is 1. The van der Waals surface area contributed by atoms with Crippen LogP contribution in [0.1, 0.15) is 10.4 Å². The van der Waals surface area contributed by atoms with Crippen molar-refractivity contribution in [2.75, 3.05) is 18.1 Å². The van der Waals surface area contributed by atoms with Crippen molar-refractivity contribution in [3.63, 3.8) is 0 Å². The van der Waals surface area contributed by atoms with E-state index < -0.39 is 0 Å². The highest BCUT2D eigenvalue weighted by molar-refractivity contribution is 6.32. The quantitative estimate of drug-likeness (QED) is 0.521. The number of nitrogens with zero attached hydrogens (tertiary/aromatic N) is 2. The zero-order valence-corrected chi connectivity index (χ0v) is 7.09. The van der Waals surface area contributed by atoms with Crippen LogP contribution in [0.15, 0.2) is 0 Å². The van der Waals surface area contributed by atoms with Crippen molar-refractivity contribution in [3.8, 4) is 0 Å². The lowest BCUT2D eigenvalue weighted by Crippen LogP contribution is -2.04. The SMILES string of the molecule is CNc1nc(N)nc(Cl)c1C=O. The van der Waals surface area contributed by atoms with Gasteiger partial charge in [0.1, 0.15) is 11.0 Å². The van der Waals surface area contributed by atoms with Crippen LogP contribution in [0.5, 0.6) is 0 Å². The average molecular weight is 187 g/mol. The fourth-order valence-corrected chi connectivity index (χ4v) is 0.974. The van der Waals surface area contributed by atoms with Crippen LogP contribution >= 0.6 is 11.6 Å². The summed E-state index contributed by atoms with van der Waals surface area (Å²) in [7, 11) is 1.62. The van der Waals surface area contributed by atoms with Gasteiger partial charge in [0.25, 0.3) is 0 Å². The summed E-state index contributed by atoms with van der Waals surface area (Å²) in [6.07, 6.45) is 0.577. The number of aromatic nitrogens is 2. The zero-order chi connectivity index (χ0) is 9.14. The van der Waals surface area contributed by atoms with E-state index in [4.69, 9.17) is 17.3 Å². The molecule has 1 aromatic heterocycles. The molecule has 0 aliphatic rings. The van der Waals surface area contributed by atoms with E-state index in [1.54, 1.807) is 7.05 Å². The number of aldehydes is 1. The molecule has 0 fully saturated rings. The maximum atomic E-state index is 10.5. The second kappa shape index (κ2) is 3.36. The Labute approximate surface area is 74.0 Å². The normalized spacial score (nSPS) is 9.50. The van der Waals surface area contributed by atoms with Crippen LogP contribution in [0, 0.1) is 0 Å². The molecule has 0 saturated heterocycles. The molecular weight excluding hydrogens is 180 g/mol. The molecule has 6 heteroatoms. The largest absolute Gasteiger partial charge is 0.372 e. The van der Waals surface area contributed by atoms with Gasteiger partial charge in [0.05, 0.1) is 5.56 Å². The zero-order valence-electron chi connectivity index (χ0n) is 6.34. The van der Waals surface area contributed by atoms with Gasteiger partial charge in [-0.25, -0.2) is 4.98 Å². The van der Waals surface area contributed by atoms with Gasteiger partial charge in [-0.05, 0) is 0 Å². The van der Waals surface area contributed by atoms with Crippen LogP contribution in [0.3, 0.4) is 0 Å². The molecule has 64 valence electrons. The maximum Gasteiger partial charge on any atom is 0.223 e. The summed E-state index contributed by atoms with van der Waals surface area (Å²) < 4.78 is 0. The summed E-state index contributed by atoms with van der Waals surface area (Å²) >= 11 is 5.61. The van der Waals surface area contributed by atoms with Crippen molar-refractivity contribution >= 4 is 29.7 Å². The van der Waals surface area contributed by atoms with Crippen molar-refractivity contribution < 1.29 is 4.79 Å². The summed E-state index contributed by atoms with van der Waals surface area (Å²) in [4.78, 5) is 17.9. The van der Waals surface area contributed by atoms with Crippen molar-refractivity contribution in [2.45, 2.75) is 0 Å². The van der Waals surface area contributed by atoms with E-state index in [0.717, 1.165) is 0 Å². The van der Waals surface area contributed by atoms with Crippen LogP contribution in [-0.4, -0.2) is 23.3 Å². The molecule has 0 aliphatic carbocycles. The summed E-state index contributed by atoms with van der Waals surface area (Å²) in [5.74, 6) is 0.373. The first kappa shape index (κ1) is 8.73. The lowest BCUT2D eigenvalue weighted by atomic mass is 10.3. The van der Waals surface area contributed by atoms with Gasteiger partial charge >= 0.3 is 0 Å². The highest BCUT2D eigenvalue weighted by Crippen LogP contribution is 2.18. The van der Waals surface area contributed by atoms with Crippen molar-refractivity contribution in [2.24, 2.45) is 0 Å². The molecular formula is C6H7ClN4O. The Morgan fingerprint density at radius 2 is 2.25 bits per heavy atom. The summed E-state index contributed by atoms with van der Waals surface area (Å²) in [5.41, 5.74) is 5.51. The van der Waals surface area contributed by atoms with Gasteiger partial charge < -0.3 is 11.1 Å². The molecule has 0 aromatic carbocycles. The maximum absolute atomic E-state index is 10.5. The van der Waals surface area contributed by atoms with Crippen molar-refractivity contribution in [3.05, 3.63) is 10.7 Å². The number of hydrogen-bond donors (Lipinski definition) is 2. The second-order valence-electron chi connectivity index (χ2n) is 2.00. The van der Waals surface area contributed by atoms with E-state index in [0.29, 0.717) is 12.1 Å². The Bertz CT molecular complexity index is 315. The van der Waals surface area contributed by atoms with Crippen LogP contribution in [-0.2, 0) is 0 Å². The predicted molar refractivity (Wildman–Crippen MR) is 46.4 cm³/mol. The third-order valence-electron chi connectivity index (χ3n) is 1.27. The molecule has 0 radical (unpaired) electrons. The number of nitrogens with two attached hydrogens (primary N) is 1.